The standard InChI is InChI=1S/C12H23NO3/c1-4-9-16-10-5-7-13-8-6-11(2)12(14)15-3/h6,13H,4-5,7-10H2,1-3H3/b11-6-. The molecule has 0 unspecified atom stereocenters. The van der Waals surface area contributed by atoms with Crippen molar-refractivity contribution >= 4 is 5.97 Å². The highest BCUT2D eigenvalue weighted by Gasteiger charge is 2.00. The maximum absolute atomic E-state index is 11.0. The molecule has 0 fully saturated rings. The number of carbonyl (C=O) groups is 1. The summed E-state index contributed by atoms with van der Waals surface area (Å²) < 4.78 is 9.92. The maximum atomic E-state index is 11.0. The molecule has 1 N–H and O–H groups in total. The maximum Gasteiger partial charge on any atom is 0.333 e. The Hall–Kier alpha value is -0.870. The highest BCUT2D eigenvalue weighted by molar-refractivity contribution is 5.87. The third-order valence-electron chi connectivity index (χ3n) is 2.05. The van der Waals surface area contributed by atoms with E-state index in [1.165, 1.54) is 7.11 Å². The van der Waals surface area contributed by atoms with Crippen LogP contribution in [-0.4, -0.2) is 39.4 Å². The fourth-order valence-corrected chi connectivity index (χ4v) is 1.12. The number of esters is 1. The lowest BCUT2D eigenvalue weighted by Gasteiger charge is -2.03. The molecule has 94 valence electrons. The van der Waals surface area contributed by atoms with Crippen LogP contribution in [0.1, 0.15) is 26.7 Å². The number of methoxy groups -OCH3 is 1. The number of nitrogens with one attached hydrogen (secondary N) is 1. The molecule has 0 saturated carbocycles. The Kier molecular flexibility index (Phi) is 10.1. The van der Waals surface area contributed by atoms with Crippen LogP contribution in [0.4, 0.5) is 0 Å². The van der Waals surface area contributed by atoms with Gasteiger partial charge in [-0.15, -0.1) is 0 Å². The van der Waals surface area contributed by atoms with Crippen LogP contribution in [0.2, 0.25) is 0 Å². The Labute approximate surface area is 98.0 Å². The zero-order valence-electron chi connectivity index (χ0n) is 10.5. The van der Waals surface area contributed by atoms with Crippen LogP contribution in [0.5, 0.6) is 0 Å². The summed E-state index contributed by atoms with van der Waals surface area (Å²) in [5, 5.41) is 3.21. The lowest BCUT2D eigenvalue weighted by atomic mass is 10.3. The predicted octanol–water partition coefficient (Wildman–Crippen LogP) is 1.51. The lowest BCUT2D eigenvalue weighted by Crippen LogP contribution is -2.17. The quantitative estimate of drug-likeness (QED) is 0.370. The van der Waals surface area contributed by atoms with Crippen molar-refractivity contribution in [2.45, 2.75) is 26.7 Å². The third kappa shape index (κ3) is 8.44. The number of hydrogen-bond donors (Lipinski definition) is 1. The fraction of sp³-hybridized carbons (Fsp3) is 0.750. The van der Waals surface area contributed by atoms with Gasteiger partial charge in [-0.25, -0.2) is 4.79 Å². The summed E-state index contributed by atoms with van der Waals surface area (Å²) in [6.45, 7) is 7.06. The van der Waals surface area contributed by atoms with Crippen molar-refractivity contribution in [1.29, 1.82) is 0 Å². The van der Waals surface area contributed by atoms with Crippen molar-refractivity contribution in [2.75, 3.05) is 33.4 Å². The minimum atomic E-state index is -0.270. The lowest BCUT2D eigenvalue weighted by molar-refractivity contribution is -0.136. The number of carbonyl (C=O) groups excluding carboxylic acids is 1. The van der Waals surface area contributed by atoms with E-state index in [0.717, 1.165) is 32.6 Å². The van der Waals surface area contributed by atoms with Crippen LogP contribution in [0.3, 0.4) is 0 Å². The summed E-state index contributed by atoms with van der Waals surface area (Å²) in [6, 6.07) is 0. The molecule has 4 heteroatoms. The van der Waals surface area contributed by atoms with Gasteiger partial charge in [-0.05, 0) is 26.3 Å². The molecular formula is C12H23NO3. The van der Waals surface area contributed by atoms with Gasteiger partial charge in [0, 0.05) is 25.3 Å². The van der Waals surface area contributed by atoms with E-state index >= 15 is 0 Å². The van der Waals surface area contributed by atoms with Gasteiger partial charge in [-0.1, -0.05) is 13.0 Å². The molecule has 4 nitrogen and oxygen atoms in total. The largest absolute Gasteiger partial charge is 0.466 e. The predicted molar refractivity (Wildman–Crippen MR) is 64.4 cm³/mol. The van der Waals surface area contributed by atoms with Crippen molar-refractivity contribution in [2.24, 2.45) is 0 Å². The monoisotopic (exact) mass is 229 g/mol. The second-order valence-electron chi connectivity index (χ2n) is 3.55. The van der Waals surface area contributed by atoms with E-state index < -0.39 is 0 Å². The van der Waals surface area contributed by atoms with Crippen LogP contribution in [0.25, 0.3) is 0 Å². The summed E-state index contributed by atoms with van der Waals surface area (Å²) in [5.74, 6) is -0.270. The normalized spacial score (nSPS) is 11.6. The molecule has 0 radical (unpaired) electrons. The van der Waals surface area contributed by atoms with E-state index in [1.807, 2.05) is 6.08 Å². The van der Waals surface area contributed by atoms with E-state index in [1.54, 1.807) is 6.92 Å². The van der Waals surface area contributed by atoms with E-state index in [2.05, 4.69) is 17.0 Å². The van der Waals surface area contributed by atoms with Gasteiger partial charge in [-0.3, -0.25) is 0 Å². The van der Waals surface area contributed by atoms with Crippen LogP contribution in [0.15, 0.2) is 11.6 Å². The van der Waals surface area contributed by atoms with Gasteiger partial charge in [0.25, 0.3) is 0 Å². The molecule has 0 aliphatic heterocycles. The molecule has 0 rings (SSSR count). The smallest absolute Gasteiger partial charge is 0.333 e. The van der Waals surface area contributed by atoms with Gasteiger partial charge in [0.05, 0.1) is 7.11 Å². The fourth-order valence-electron chi connectivity index (χ4n) is 1.12. The van der Waals surface area contributed by atoms with Crippen molar-refractivity contribution in [3.63, 3.8) is 0 Å². The molecule has 0 aliphatic rings. The van der Waals surface area contributed by atoms with Crippen LogP contribution >= 0.6 is 0 Å². The molecule has 0 spiro atoms. The Bertz CT molecular complexity index is 214. The van der Waals surface area contributed by atoms with Crippen molar-refractivity contribution in [3.8, 4) is 0 Å². The molecule has 0 aromatic rings. The zero-order valence-corrected chi connectivity index (χ0v) is 10.5. The summed E-state index contributed by atoms with van der Waals surface area (Å²) in [5.41, 5.74) is 0.636. The Balaban J connectivity index is 3.35. The van der Waals surface area contributed by atoms with E-state index in [0.29, 0.717) is 12.1 Å². The second kappa shape index (κ2) is 10.6. The first-order chi connectivity index (χ1) is 7.72. The van der Waals surface area contributed by atoms with E-state index in [4.69, 9.17) is 4.74 Å². The first kappa shape index (κ1) is 15.1. The molecule has 0 heterocycles. The summed E-state index contributed by atoms with van der Waals surface area (Å²) >= 11 is 0. The Morgan fingerprint density at radius 3 is 2.75 bits per heavy atom. The molecular weight excluding hydrogens is 206 g/mol. The molecule has 0 atom stereocenters. The van der Waals surface area contributed by atoms with Gasteiger partial charge < -0.3 is 14.8 Å². The van der Waals surface area contributed by atoms with Gasteiger partial charge >= 0.3 is 5.97 Å². The third-order valence-corrected chi connectivity index (χ3v) is 2.05. The average molecular weight is 229 g/mol. The molecule has 16 heavy (non-hydrogen) atoms. The molecule has 0 bridgehead atoms. The molecule has 0 saturated heterocycles. The second-order valence-corrected chi connectivity index (χ2v) is 3.55. The number of hydrogen-bond acceptors (Lipinski definition) is 4. The Morgan fingerprint density at radius 1 is 1.38 bits per heavy atom. The SMILES string of the molecule is CCCOCCCNC/C=C(/C)C(=O)OC. The first-order valence-corrected chi connectivity index (χ1v) is 5.75. The van der Waals surface area contributed by atoms with Gasteiger partial charge in [0.2, 0.25) is 0 Å². The van der Waals surface area contributed by atoms with Crippen molar-refractivity contribution in [1.82, 2.24) is 5.32 Å². The number of ether oxygens (including phenoxy) is 2. The average Bonchev–Trinajstić information content (AvgIpc) is 2.31. The summed E-state index contributed by atoms with van der Waals surface area (Å²) in [7, 11) is 1.39. The van der Waals surface area contributed by atoms with E-state index in [-0.39, 0.29) is 5.97 Å². The topological polar surface area (TPSA) is 47.6 Å². The Morgan fingerprint density at radius 2 is 2.12 bits per heavy atom. The highest BCUT2D eigenvalue weighted by Crippen LogP contribution is 1.93. The van der Waals surface area contributed by atoms with Gasteiger partial charge in [0.15, 0.2) is 0 Å². The molecule has 0 aliphatic carbocycles. The van der Waals surface area contributed by atoms with Crippen LogP contribution in [0, 0.1) is 0 Å². The minimum absolute atomic E-state index is 0.270. The number of rotatable bonds is 9. The molecule has 0 aromatic carbocycles. The van der Waals surface area contributed by atoms with E-state index in [9.17, 15) is 4.79 Å². The summed E-state index contributed by atoms with van der Waals surface area (Å²) in [4.78, 5) is 11.0. The summed E-state index contributed by atoms with van der Waals surface area (Å²) in [6.07, 6.45) is 3.89. The molecule has 0 aromatic heterocycles. The van der Waals surface area contributed by atoms with Crippen LogP contribution in [-0.2, 0) is 14.3 Å². The first-order valence-electron chi connectivity index (χ1n) is 5.75. The molecule has 0 amide bonds. The zero-order chi connectivity index (χ0) is 12.2. The minimum Gasteiger partial charge on any atom is -0.466 e. The van der Waals surface area contributed by atoms with Gasteiger partial charge in [0.1, 0.15) is 0 Å². The van der Waals surface area contributed by atoms with Crippen molar-refractivity contribution < 1.29 is 14.3 Å². The van der Waals surface area contributed by atoms with Crippen LogP contribution < -0.4 is 5.32 Å². The van der Waals surface area contributed by atoms with Gasteiger partial charge in [-0.2, -0.15) is 0 Å². The van der Waals surface area contributed by atoms with Crippen molar-refractivity contribution in [3.05, 3.63) is 11.6 Å². The highest BCUT2D eigenvalue weighted by atomic mass is 16.5.